The standard InChI is InChI=1S/C20H18ClN5O4/c21-15-6-5-14(11-17(15)26(28)29)22-20(27)13-3-1-9-25(12-13)19-8-7-16(23-24-19)18-4-2-10-30-18/h2,4-8,10-11,13H,1,3,9,12H2,(H,22,27). The van der Waals surface area contributed by atoms with E-state index in [2.05, 4.69) is 15.5 Å². The molecule has 154 valence electrons. The molecule has 3 heterocycles. The molecule has 0 saturated carbocycles. The third-order valence-corrected chi connectivity index (χ3v) is 5.27. The highest BCUT2D eigenvalue weighted by molar-refractivity contribution is 6.32. The fourth-order valence-corrected chi connectivity index (χ4v) is 3.61. The van der Waals surface area contributed by atoms with Gasteiger partial charge in [-0.05, 0) is 49.2 Å². The Morgan fingerprint density at radius 3 is 2.83 bits per heavy atom. The Morgan fingerprint density at radius 2 is 2.13 bits per heavy atom. The Morgan fingerprint density at radius 1 is 1.27 bits per heavy atom. The average molecular weight is 428 g/mol. The van der Waals surface area contributed by atoms with Crippen LogP contribution in [0.1, 0.15) is 12.8 Å². The van der Waals surface area contributed by atoms with Crippen LogP contribution in [0.3, 0.4) is 0 Å². The summed E-state index contributed by atoms with van der Waals surface area (Å²) in [6, 6.07) is 11.5. The number of rotatable bonds is 5. The van der Waals surface area contributed by atoms with Gasteiger partial charge in [0.25, 0.3) is 5.69 Å². The van der Waals surface area contributed by atoms with E-state index in [0.29, 0.717) is 29.5 Å². The molecule has 1 aliphatic heterocycles. The number of furan rings is 1. The van der Waals surface area contributed by atoms with Crippen molar-refractivity contribution < 1.29 is 14.1 Å². The van der Waals surface area contributed by atoms with Gasteiger partial charge in [-0.1, -0.05) is 11.6 Å². The second-order valence-electron chi connectivity index (χ2n) is 6.95. The molecule has 0 radical (unpaired) electrons. The van der Waals surface area contributed by atoms with Crippen molar-refractivity contribution in [2.24, 2.45) is 5.92 Å². The van der Waals surface area contributed by atoms with Crippen LogP contribution in [0.25, 0.3) is 11.5 Å². The number of piperidine rings is 1. The molecule has 10 heteroatoms. The van der Waals surface area contributed by atoms with E-state index >= 15 is 0 Å². The predicted molar refractivity (Wildman–Crippen MR) is 111 cm³/mol. The minimum Gasteiger partial charge on any atom is -0.463 e. The maximum Gasteiger partial charge on any atom is 0.289 e. The van der Waals surface area contributed by atoms with E-state index in [-0.39, 0.29) is 22.5 Å². The monoisotopic (exact) mass is 427 g/mol. The van der Waals surface area contributed by atoms with Gasteiger partial charge in [0.1, 0.15) is 10.7 Å². The highest BCUT2D eigenvalue weighted by atomic mass is 35.5. The van der Waals surface area contributed by atoms with E-state index in [0.717, 1.165) is 19.4 Å². The number of nitrogens with zero attached hydrogens (tertiary/aromatic N) is 4. The van der Waals surface area contributed by atoms with Gasteiger partial charge in [-0.15, -0.1) is 10.2 Å². The maximum absolute atomic E-state index is 12.7. The van der Waals surface area contributed by atoms with Crippen molar-refractivity contribution in [2.45, 2.75) is 12.8 Å². The molecule has 1 amide bonds. The van der Waals surface area contributed by atoms with Gasteiger partial charge in [0.2, 0.25) is 5.91 Å². The summed E-state index contributed by atoms with van der Waals surface area (Å²) in [6.45, 7) is 1.25. The van der Waals surface area contributed by atoms with Crippen LogP contribution in [0.15, 0.2) is 53.1 Å². The van der Waals surface area contributed by atoms with Crippen molar-refractivity contribution in [2.75, 3.05) is 23.3 Å². The number of carbonyl (C=O) groups is 1. The second kappa shape index (κ2) is 8.50. The number of nitro groups is 1. The molecular weight excluding hydrogens is 410 g/mol. The van der Waals surface area contributed by atoms with Crippen LogP contribution in [0, 0.1) is 16.0 Å². The van der Waals surface area contributed by atoms with Gasteiger partial charge >= 0.3 is 0 Å². The Kier molecular flexibility index (Phi) is 5.62. The molecule has 3 aromatic rings. The summed E-state index contributed by atoms with van der Waals surface area (Å²) < 4.78 is 5.32. The maximum atomic E-state index is 12.7. The average Bonchev–Trinajstić information content (AvgIpc) is 3.30. The summed E-state index contributed by atoms with van der Waals surface area (Å²) in [5, 5.41) is 22.3. The van der Waals surface area contributed by atoms with Crippen molar-refractivity contribution in [3.63, 3.8) is 0 Å². The third kappa shape index (κ3) is 4.25. The number of anilines is 2. The molecule has 4 rings (SSSR count). The first-order valence-corrected chi connectivity index (χ1v) is 9.76. The van der Waals surface area contributed by atoms with Crippen molar-refractivity contribution in [1.82, 2.24) is 10.2 Å². The molecular formula is C20H18ClN5O4. The quantitative estimate of drug-likeness (QED) is 0.480. The number of carbonyl (C=O) groups excluding carboxylic acids is 1. The van der Waals surface area contributed by atoms with Crippen LogP contribution in [0.5, 0.6) is 0 Å². The van der Waals surface area contributed by atoms with Crippen LogP contribution in [0.4, 0.5) is 17.2 Å². The van der Waals surface area contributed by atoms with Crippen LogP contribution >= 0.6 is 11.6 Å². The van der Waals surface area contributed by atoms with Gasteiger partial charge in [-0.25, -0.2) is 0 Å². The molecule has 1 N–H and O–H groups in total. The molecule has 0 spiro atoms. The summed E-state index contributed by atoms with van der Waals surface area (Å²) in [5.74, 6) is 0.850. The predicted octanol–water partition coefficient (Wildman–Crippen LogP) is 4.15. The first-order chi connectivity index (χ1) is 14.5. The summed E-state index contributed by atoms with van der Waals surface area (Å²) >= 11 is 5.83. The zero-order valence-corrected chi connectivity index (χ0v) is 16.6. The van der Waals surface area contributed by atoms with Crippen molar-refractivity contribution in [3.8, 4) is 11.5 Å². The lowest BCUT2D eigenvalue weighted by atomic mass is 9.97. The minimum absolute atomic E-state index is 0.0263. The molecule has 1 saturated heterocycles. The number of amides is 1. The Hall–Kier alpha value is -3.46. The van der Waals surface area contributed by atoms with Gasteiger partial charge in [0.15, 0.2) is 11.6 Å². The van der Waals surface area contributed by atoms with E-state index in [1.807, 2.05) is 23.1 Å². The molecule has 1 atom stereocenters. The molecule has 0 bridgehead atoms. The summed E-state index contributed by atoms with van der Waals surface area (Å²) in [6.07, 6.45) is 3.12. The SMILES string of the molecule is O=C(Nc1ccc(Cl)c([N+](=O)[O-])c1)C1CCCN(c2ccc(-c3ccco3)nn2)C1. The number of hydrogen-bond donors (Lipinski definition) is 1. The van der Waals surface area contributed by atoms with E-state index < -0.39 is 4.92 Å². The molecule has 1 aromatic carbocycles. The van der Waals surface area contributed by atoms with Crippen LogP contribution in [-0.2, 0) is 4.79 Å². The molecule has 1 fully saturated rings. The molecule has 30 heavy (non-hydrogen) atoms. The summed E-state index contributed by atoms with van der Waals surface area (Å²) in [7, 11) is 0. The molecule has 2 aromatic heterocycles. The van der Waals surface area contributed by atoms with E-state index in [9.17, 15) is 14.9 Å². The fraction of sp³-hybridized carbons (Fsp3) is 0.250. The third-order valence-electron chi connectivity index (χ3n) is 4.95. The zero-order chi connectivity index (χ0) is 21.1. The number of halogens is 1. The highest BCUT2D eigenvalue weighted by Gasteiger charge is 2.27. The van der Waals surface area contributed by atoms with Gasteiger partial charge in [-0.2, -0.15) is 0 Å². The Labute approximate surface area is 176 Å². The minimum atomic E-state index is -0.578. The summed E-state index contributed by atoms with van der Waals surface area (Å²) in [5.41, 5.74) is 0.738. The summed E-state index contributed by atoms with van der Waals surface area (Å²) in [4.78, 5) is 25.2. The first-order valence-electron chi connectivity index (χ1n) is 9.38. The van der Waals surface area contributed by atoms with Gasteiger partial charge in [0, 0.05) is 24.8 Å². The van der Waals surface area contributed by atoms with Crippen molar-refractivity contribution in [1.29, 1.82) is 0 Å². The number of nitro benzene ring substituents is 1. The number of hydrogen-bond acceptors (Lipinski definition) is 7. The smallest absolute Gasteiger partial charge is 0.289 e. The lowest BCUT2D eigenvalue weighted by Gasteiger charge is -2.32. The van der Waals surface area contributed by atoms with Gasteiger partial charge in [-0.3, -0.25) is 14.9 Å². The number of nitrogens with one attached hydrogen (secondary N) is 1. The van der Waals surface area contributed by atoms with Crippen LogP contribution in [0.2, 0.25) is 5.02 Å². The van der Waals surface area contributed by atoms with Crippen molar-refractivity contribution >= 4 is 34.7 Å². The highest BCUT2D eigenvalue weighted by Crippen LogP contribution is 2.29. The van der Waals surface area contributed by atoms with Crippen molar-refractivity contribution in [3.05, 3.63) is 63.9 Å². The fourth-order valence-electron chi connectivity index (χ4n) is 3.42. The lowest BCUT2D eigenvalue weighted by Crippen LogP contribution is -2.41. The Bertz CT molecular complexity index is 1060. The van der Waals surface area contributed by atoms with E-state index in [1.54, 1.807) is 18.4 Å². The van der Waals surface area contributed by atoms with Crippen LogP contribution < -0.4 is 10.2 Å². The molecule has 0 aliphatic carbocycles. The van der Waals surface area contributed by atoms with E-state index in [4.69, 9.17) is 16.0 Å². The zero-order valence-electron chi connectivity index (χ0n) is 15.8. The molecule has 9 nitrogen and oxygen atoms in total. The first kappa shape index (κ1) is 19.8. The molecule has 1 unspecified atom stereocenters. The largest absolute Gasteiger partial charge is 0.463 e. The van der Waals surface area contributed by atoms with Gasteiger partial charge < -0.3 is 14.6 Å². The Balaban J connectivity index is 1.43. The topological polar surface area (TPSA) is 114 Å². The van der Waals surface area contributed by atoms with Crippen LogP contribution in [-0.4, -0.2) is 34.1 Å². The normalized spacial score (nSPS) is 16.3. The number of benzene rings is 1. The number of aromatic nitrogens is 2. The molecule has 1 aliphatic rings. The lowest BCUT2D eigenvalue weighted by molar-refractivity contribution is -0.384. The second-order valence-corrected chi connectivity index (χ2v) is 7.36. The van der Waals surface area contributed by atoms with Gasteiger partial charge in [0.05, 0.1) is 17.1 Å². The van der Waals surface area contributed by atoms with E-state index in [1.165, 1.54) is 12.1 Å².